The summed E-state index contributed by atoms with van der Waals surface area (Å²) in [5.41, 5.74) is 1.02. The van der Waals surface area contributed by atoms with Crippen molar-refractivity contribution in [3.63, 3.8) is 0 Å². The predicted octanol–water partition coefficient (Wildman–Crippen LogP) is 0.133. The molecule has 0 aliphatic carbocycles. The van der Waals surface area contributed by atoms with Crippen LogP contribution in [-0.2, 0) is 13.6 Å². The molecule has 0 spiro atoms. The van der Waals surface area contributed by atoms with Gasteiger partial charge in [0.05, 0.1) is 0 Å². The average Bonchev–Trinajstić information content (AvgIpc) is 2.28. The zero-order valence-electron chi connectivity index (χ0n) is 10.0. The van der Waals surface area contributed by atoms with E-state index >= 15 is 0 Å². The van der Waals surface area contributed by atoms with Gasteiger partial charge in [-0.1, -0.05) is 6.07 Å². The number of aryl methyl sites for hydroxylation is 1. The van der Waals surface area contributed by atoms with E-state index in [1.807, 2.05) is 12.1 Å². The normalized spacial score (nSPS) is 18.9. The fourth-order valence-corrected chi connectivity index (χ4v) is 2.02. The Bertz CT molecular complexity index is 405. The van der Waals surface area contributed by atoms with Crippen molar-refractivity contribution < 1.29 is 0 Å². The summed E-state index contributed by atoms with van der Waals surface area (Å²) in [5, 5.41) is 0. The van der Waals surface area contributed by atoms with E-state index < -0.39 is 0 Å². The first kappa shape index (κ1) is 11.4. The second kappa shape index (κ2) is 4.80. The summed E-state index contributed by atoms with van der Waals surface area (Å²) in [5.74, 6) is 0. The van der Waals surface area contributed by atoms with E-state index in [0.717, 1.165) is 38.3 Å². The lowest BCUT2D eigenvalue weighted by Gasteiger charge is -2.32. The molecule has 16 heavy (non-hydrogen) atoms. The SMILES string of the molecule is CN1CCN(Cc2cccn(C)c2=O)CC1. The van der Waals surface area contributed by atoms with Gasteiger partial charge in [-0.05, 0) is 13.1 Å². The minimum Gasteiger partial charge on any atom is -0.318 e. The van der Waals surface area contributed by atoms with Gasteiger partial charge < -0.3 is 9.47 Å². The Hall–Kier alpha value is -1.13. The van der Waals surface area contributed by atoms with Crippen molar-refractivity contribution in [2.24, 2.45) is 7.05 Å². The first-order valence-electron chi connectivity index (χ1n) is 5.72. The van der Waals surface area contributed by atoms with Crippen molar-refractivity contribution in [2.45, 2.75) is 6.54 Å². The molecule has 4 nitrogen and oxygen atoms in total. The largest absolute Gasteiger partial charge is 0.318 e. The van der Waals surface area contributed by atoms with Crippen LogP contribution in [0.25, 0.3) is 0 Å². The van der Waals surface area contributed by atoms with Crippen LogP contribution in [-0.4, -0.2) is 47.6 Å². The molecule has 0 atom stereocenters. The minimum atomic E-state index is 0.126. The maximum Gasteiger partial charge on any atom is 0.254 e. The van der Waals surface area contributed by atoms with Crippen LogP contribution in [0.15, 0.2) is 23.1 Å². The molecule has 0 bridgehead atoms. The average molecular weight is 221 g/mol. The maximum atomic E-state index is 11.8. The highest BCUT2D eigenvalue weighted by Gasteiger charge is 2.14. The van der Waals surface area contributed by atoms with Gasteiger partial charge in [0.2, 0.25) is 0 Å². The Morgan fingerprint density at radius 1 is 1.19 bits per heavy atom. The van der Waals surface area contributed by atoms with E-state index in [4.69, 9.17) is 0 Å². The number of piperazine rings is 1. The molecular formula is C12H19N3O. The number of hydrogen-bond acceptors (Lipinski definition) is 3. The molecule has 1 aliphatic rings. The topological polar surface area (TPSA) is 28.5 Å². The molecular weight excluding hydrogens is 202 g/mol. The molecule has 88 valence electrons. The molecule has 0 saturated carbocycles. The molecule has 0 radical (unpaired) electrons. The van der Waals surface area contributed by atoms with Gasteiger partial charge in [-0.3, -0.25) is 9.69 Å². The van der Waals surface area contributed by atoms with Crippen LogP contribution in [0.3, 0.4) is 0 Å². The van der Waals surface area contributed by atoms with Crippen molar-refractivity contribution >= 4 is 0 Å². The van der Waals surface area contributed by atoms with Gasteiger partial charge in [0.15, 0.2) is 0 Å². The number of aromatic nitrogens is 1. The van der Waals surface area contributed by atoms with E-state index in [0.29, 0.717) is 0 Å². The molecule has 1 fully saturated rings. The standard InChI is InChI=1S/C12H19N3O/c1-13-6-8-15(9-7-13)10-11-4-3-5-14(2)12(11)16/h3-5H,6-10H2,1-2H3. The molecule has 1 aromatic rings. The number of rotatable bonds is 2. The van der Waals surface area contributed by atoms with Crippen molar-refractivity contribution in [3.8, 4) is 0 Å². The predicted molar refractivity (Wildman–Crippen MR) is 64.5 cm³/mol. The molecule has 2 heterocycles. The van der Waals surface area contributed by atoms with E-state index in [1.165, 1.54) is 0 Å². The quantitative estimate of drug-likeness (QED) is 0.711. The van der Waals surface area contributed by atoms with Gasteiger partial charge in [0.1, 0.15) is 0 Å². The van der Waals surface area contributed by atoms with Crippen LogP contribution in [0.1, 0.15) is 5.56 Å². The molecule has 4 heteroatoms. The van der Waals surface area contributed by atoms with Crippen LogP contribution in [0, 0.1) is 0 Å². The lowest BCUT2D eigenvalue weighted by Crippen LogP contribution is -2.44. The van der Waals surface area contributed by atoms with Crippen molar-refractivity contribution in [1.82, 2.24) is 14.4 Å². The highest BCUT2D eigenvalue weighted by Crippen LogP contribution is 2.04. The third kappa shape index (κ3) is 2.51. The van der Waals surface area contributed by atoms with Gasteiger partial charge in [-0.15, -0.1) is 0 Å². The first-order chi connectivity index (χ1) is 7.66. The van der Waals surface area contributed by atoms with Crippen molar-refractivity contribution in [1.29, 1.82) is 0 Å². The van der Waals surface area contributed by atoms with Gasteiger partial charge in [-0.25, -0.2) is 0 Å². The third-order valence-corrected chi connectivity index (χ3v) is 3.19. The highest BCUT2D eigenvalue weighted by atomic mass is 16.1. The Labute approximate surface area is 96.1 Å². The van der Waals surface area contributed by atoms with Crippen LogP contribution >= 0.6 is 0 Å². The van der Waals surface area contributed by atoms with Gasteiger partial charge in [0, 0.05) is 51.5 Å². The number of pyridine rings is 1. The smallest absolute Gasteiger partial charge is 0.254 e. The third-order valence-electron chi connectivity index (χ3n) is 3.19. The first-order valence-corrected chi connectivity index (χ1v) is 5.72. The van der Waals surface area contributed by atoms with Crippen molar-refractivity contribution in [3.05, 3.63) is 34.2 Å². The monoisotopic (exact) mass is 221 g/mol. The van der Waals surface area contributed by atoms with Gasteiger partial charge >= 0.3 is 0 Å². The van der Waals surface area contributed by atoms with E-state index in [1.54, 1.807) is 17.8 Å². The second-order valence-electron chi connectivity index (χ2n) is 4.53. The van der Waals surface area contributed by atoms with Crippen LogP contribution in [0.5, 0.6) is 0 Å². The lowest BCUT2D eigenvalue weighted by molar-refractivity contribution is 0.147. The molecule has 1 saturated heterocycles. The summed E-state index contributed by atoms with van der Waals surface area (Å²) in [6.45, 7) is 5.06. The van der Waals surface area contributed by atoms with E-state index in [-0.39, 0.29) is 5.56 Å². The zero-order chi connectivity index (χ0) is 11.5. The molecule has 0 unspecified atom stereocenters. The summed E-state index contributed by atoms with van der Waals surface area (Å²) in [7, 11) is 3.94. The maximum absolute atomic E-state index is 11.8. The summed E-state index contributed by atoms with van der Waals surface area (Å²) in [6.07, 6.45) is 1.80. The molecule has 0 aromatic carbocycles. The van der Waals surface area contributed by atoms with Gasteiger partial charge in [0.25, 0.3) is 5.56 Å². The number of nitrogens with zero attached hydrogens (tertiary/aromatic N) is 3. The minimum absolute atomic E-state index is 0.126. The molecule has 1 aromatic heterocycles. The Morgan fingerprint density at radius 3 is 2.56 bits per heavy atom. The van der Waals surface area contributed by atoms with E-state index in [9.17, 15) is 4.79 Å². The second-order valence-corrected chi connectivity index (χ2v) is 4.53. The fraction of sp³-hybridized carbons (Fsp3) is 0.583. The van der Waals surface area contributed by atoms with Crippen LogP contribution in [0.4, 0.5) is 0 Å². The van der Waals surface area contributed by atoms with Crippen LogP contribution in [0.2, 0.25) is 0 Å². The van der Waals surface area contributed by atoms with Crippen LogP contribution < -0.4 is 5.56 Å². The lowest BCUT2D eigenvalue weighted by atomic mass is 10.2. The summed E-state index contributed by atoms with van der Waals surface area (Å²) in [4.78, 5) is 16.5. The summed E-state index contributed by atoms with van der Waals surface area (Å²) in [6, 6.07) is 3.87. The zero-order valence-corrected chi connectivity index (χ0v) is 10.0. The van der Waals surface area contributed by atoms with E-state index in [2.05, 4.69) is 16.8 Å². The Morgan fingerprint density at radius 2 is 1.88 bits per heavy atom. The Balaban J connectivity index is 2.04. The fourth-order valence-electron chi connectivity index (χ4n) is 2.02. The van der Waals surface area contributed by atoms with Gasteiger partial charge in [-0.2, -0.15) is 0 Å². The summed E-state index contributed by atoms with van der Waals surface area (Å²) < 4.78 is 1.64. The number of likely N-dealkylation sites (N-methyl/N-ethyl adjacent to an activating group) is 1. The molecule has 0 N–H and O–H groups in total. The number of hydrogen-bond donors (Lipinski definition) is 0. The highest BCUT2D eigenvalue weighted by molar-refractivity contribution is 5.10. The molecule has 1 aliphatic heterocycles. The van der Waals surface area contributed by atoms with Crippen molar-refractivity contribution in [2.75, 3.05) is 33.2 Å². The molecule has 2 rings (SSSR count). The Kier molecular flexibility index (Phi) is 3.41. The molecule has 0 amide bonds. The summed E-state index contributed by atoms with van der Waals surface area (Å²) >= 11 is 0.